The van der Waals surface area contributed by atoms with Crippen molar-refractivity contribution < 1.29 is 26.4 Å². The Hall–Kier alpha value is -1.92. The van der Waals surface area contributed by atoms with Crippen molar-refractivity contribution >= 4 is 47.5 Å². The van der Waals surface area contributed by atoms with Gasteiger partial charge >= 0.3 is 0 Å². The average Bonchev–Trinajstić information content (AvgIpc) is 2.86. The summed E-state index contributed by atoms with van der Waals surface area (Å²) in [5.74, 6) is -0.778. The number of halogens is 1. The van der Waals surface area contributed by atoms with Crippen LogP contribution in [0.2, 0.25) is 0 Å². The molecule has 0 amide bonds. The van der Waals surface area contributed by atoms with Crippen LogP contribution in [0.3, 0.4) is 0 Å². The molecule has 0 aliphatic heterocycles. The summed E-state index contributed by atoms with van der Waals surface area (Å²) in [6.45, 7) is 3.48. The van der Waals surface area contributed by atoms with Gasteiger partial charge in [0.1, 0.15) is 11.6 Å². The van der Waals surface area contributed by atoms with E-state index in [0.29, 0.717) is 24.2 Å². The van der Waals surface area contributed by atoms with Crippen LogP contribution in [0.25, 0.3) is 0 Å². The van der Waals surface area contributed by atoms with Gasteiger partial charge in [-0.05, 0) is 41.8 Å². The van der Waals surface area contributed by atoms with Crippen molar-refractivity contribution in [1.29, 1.82) is 0 Å². The van der Waals surface area contributed by atoms with Crippen LogP contribution >= 0.6 is 15.9 Å². The Bertz CT molecular complexity index is 1210. The first-order valence-electron chi connectivity index (χ1n) is 11.4. The fourth-order valence-electron chi connectivity index (χ4n) is 3.11. The Balaban J connectivity index is 0.000000397. The van der Waals surface area contributed by atoms with Crippen LogP contribution in [0.1, 0.15) is 37.8 Å². The average molecular weight is 604 g/mol. The summed E-state index contributed by atoms with van der Waals surface area (Å²) in [6, 6.07) is 13.2. The number of hydrogen-bond acceptors (Lipinski definition) is 6. The van der Waals surface area contributed by atoms with E-state index in [1.54, 1.807) is 50.2 Å². The largest absolute Gasteiger partial charge is 0.299 e. The highest BCUT2D eigenvalue weighted by molar-refractivity contribution is 9.08. The minimum absolute atomic E-state index is 0.0724. The number of sulfonamides is 2. The van der Waals surface area contributed by atoms with Gasteiger partial charge in [0.25, 0.3) is 0 Å². The quantitative estimate of drug-likeness (QED) is 0.285. The molecule has 2 rings (SSSR count). The molecule has 0 saturated carbocycles. The van der Waals surface area contributed by atoms with Crippen molar-refractivity contribution in [2.75, 3.05) is 28.2 Å². The van der Waals surface area contributed by atoms with Crippen LogP contribution < -0.4 is 0 Å². The molecule has 0 atom stereocenters. The molecule has 8 nitrogen and oxygen atoms in total. The van der Waals surface area contributed by atoms with Gasteiger partial charge in [-0.2, -0.15) is 0 Å². The van der Waals surface area contributed by atoms with Gasteiger partial charge in [-0.3, -0.25) is 9.59 Å². The fourth-order valence-corrected chi connectivity index (χ4v) is 5.28. The maximum atomic E-state index is 12.0. The lowest BCUT2D eigenvalue weighted by atomic mass is 9.89. The van der Waals surface area contributed by atoms with Crippen LogP contribution in [-0.4, -0.2) is 65.2 Å². The third-order valence-electron chi connectivity index (χ3n) is 5.47. The first-order valence-corrected chi connectivity index (χ1v) is 15.4. The summed E-state index contributed by atoms with van der Waals surface area (Å²) in [4.78, 5) is 24.3. The first-order chi connectivity index (χ1) is 16.7. The second kappa shape index (κ2) is 14.1. The van der Waals surface area contributed by atoms with E-state index in [1.165, 1.54) is 44.6 Å². The van der Waals surface area contributed by atoms with Crippen LogP contribution in [0, 0.1) is 5.92 Å². The lowest BCUT2D eigenvalue weighted by Crippen LogP contribution is -2.25. The molecule has 0 unspecified atom stereocenters. The molecule has 0 aliphatic carbocycles. The number of benzene rings is 2. The minimum Gasteiger partial charge on any atom is -0.299 e. The highest BCUT2D eigenvalue weighted by atomic mass is 79.9. The van der Waals surface area contributed by atoms with Gasteiger partial charge in [-0.25, -0.2) is 25.4 Å². The van der Waals surface area contributed by atoms with E-state index in [1.807, 2.05) is 0 Å². The van der Waals surface area contributed by atoms with Crippen LogP contribution in [0.15, 0.2) is 58.3 Å². The summed E-state index contributed by atoms with van der Waals surface area (Å²) in [6.07, 6.45) is 0.967. The molecule has 2 aromatic carbocycles. The van der Waals surface area contributed by atoms with E-state index in [0.717, 1.165) is 20.8 Å². The van der Waals surface area contributed by atoms with Gasteiger partial charge < -0.3 is 0 Å². The number of hydrogen-bond donors (Lipinski definition) is 0. The number of Topliss-reactive ketones (excluding diaryl/α,β-unsaturated/α-hetero) is 2. The molecule has 0 radical (unpaired) electrons. The third-order valence-corrected chi connectivity index (χ3v) is 9.78. The van der Waals surface area contributed by atoms with Crippen molar-refractivity contribution in [2.45, 2.75) is 48.2 Å². The SMILES string of the molecule is CCC(=O)C(Cc1ccc(S(=O)(=O)N(C)C)cc1)C(=O)CC.CN(C)S(=O)(=O)c1ccc(CBr)cc1. The van der Waals surface area contributed by atoms with E-state index in [9.17, 15) is 26.4 Å². The Labute approximate surface area is 223 Å². The summed E-state index contributed by atoms with van der Waals surface area (Å²) < 4.78 is 49.6. The maximum Gasteiger partial charge on any atom is 0.242 e. The van der Waals surface area contributed by atoms with E-state index < -0.39 is 26.0 Å². The van der Waals surface area contributed by atoms with Crippen molar-refractivity contribution in [3.63, 3.8) is 0 Å². The number of nitrogens with zero attached hydrogens (tertiary/aromatic N) is 2. The zero-order valence-electron chi connectivity index (χ0n) is 21.6. The highest BCUT2D eigenvalue weighted by Gasteiger charge is 2.24. The monoisotopic (exact) mass is 602 g/mol. The molecule has 0 N–H and O–H groups in total. The Morgan fingerprint density at radius 1 is 0.694 bits per heavy atom. The van der Waals surface area contributed by atoms with Crippen molar-refractivity contribution in [2.24, 2.45) is 5.92 Å². The molecule has 36 heavy (non-hydrogen) atoms. The lowest BCUT2D eigenvalue weighted by Gasteiger charge is -2.14. The van der Waals surface area contributed by atoms with Crippen LogP contribution in [-0.2, 0) is 41.4 Å². The predicted molar refractivity (Wildman–Crippen MR) is 145 cm³/mol. The molecule has 11 heteroatoms. The highest BCUT2D eigenvalue weighted by Crippen LogP contribution is 2.19. The molecule has 0 spiro atoms. The summed E-state index contributed by atoms with van der Waals surface area (Å²) in [5.41, 5.74) is 1.84. The van der Waals surface area contributed by atoms with Crippen molar-refractivity contribution in [3.05, 3.63) is 59.7 Å². The lowest BCUT2D eigenvalue weighted by molar-refractivity contribution is -0.132. The summed E-state index contributed by atoms with van der Waals surface area (Å²) in [7, 11) is -0.763. The van der Waals surface area contributed by atoms with E-state index in [-0.39, 0.29) is 16.5 Å². The molecule has 0 heterocycles. The van der Waals surface area contributed by atoms with E-state index in [4.69, 9.17) is 0 Å². The van der Waals surface area contributed by atoms with E-state index in [2.05, 4.69) is 15.9 Å². The normalized spacial score (nSPS) is 11.9. The second-order valence-electron chi connectivity index (χ2n) is 8.39. The van der Waals surface area contributed by atoms with Gasteiger partial charge in [0, 0.05) is 46.4 Å². The smallest absolute Gasteiger partial charge is 0.242 e. The van der Waals surface area contributed by atoms with Crippen molar-refractivity contribution in [1.82, 2.24) is 8.61 Å². The van der Waals surface area contributed by atoms with Crippen molar-refractivity contribution in [3.8, 4) is 0 Å². The predicted octanol–water partition coefficient (Wildman–Crippen LogP) is 3.89. The van der Waals surface area contributed by atoms with Gasteiger partial charge in [-0.15, -0.1) is 0 Å². The molecular formula is C25H35BrN2O6S2. The topological polar surface area (TPSA) is 109 Å². The molecule has 2 aromatic rings. The zero-order chi connectivity index (χ0) is 27.7. The molecule has 0 bridgehead atoms. The van der Waals surface area contributed by atoms with Gasteiger partial charge in [0.05, 0.1) is 15.7 Å². The van der Waals surface area contributed by atoms with Gasteiger partial charge in [0.15, 0.2) is 0 Å². The number of carbonyl (C=O) groups is 2. The zero-order valence-corrected chi connectivity index (χ0v) is 24.8. The minimum atomic E-state index is -3.46. The fraction of sp³-hybridized carbons (Fsp3) is 0.440. The molecule has 200 valence electrons. The van der Waals surface area contributed by atoms with Gasteiger partial charge in [0.2, 0.25) is 20.0 Å². The standard InChI is InChI=1S/C16H23NO4S.C9H12BrNO2S/c1-5-15(18)14(16(19)6-2)11-12-7-9-13(10-8-12)22(20,21)17(3)4;1-11(2)14(12,13)9-5-3-8(7-10)4-6-9/h7-10,14H,5-6,11H2,1-4H3;3-6H,7H2,1-2H3. The number of rotatable bonds is 11. The molecule has 0 aliphatic rings. The number of alkyl halides is 1. The Morgan fingerprint density at radius 3 is 1.31 bits per heavy atom. The third kappa shape index (κ3) is 8.58. The molecular weight excluding hydrogens is 568 g/mol. The number of carbonyl (C=O) groups excluding carboxylic acids is 2. The Morgan fingerprint density at radius 2 is 1.03 bits per heavy atom. The maximum absolute atomic E-state index is 12.0. The molecule has 0 fully saturated rings. The summed E-state index contributed by atoms with van der Waals surface area (Å²) >= 11 is 3.30. The molecule has 0 aromatic heterocycles. The van der Waals surface area contributed by atoms with Gasteiger partial charge in [-0.1, -0.05) is 54.0 Å². The first kappa shape index (κ1) is 32.1. The van der Waals surface area contributed by atoms with E-state index >= 15 is 0 Å². The number of ketones is 2. The second-order valence-corrected chi connectivity index (χ2v) is 13.3. The molecule has 0 saturated heterocycles. The Kier molecular flexibility index (Phi) is 12.6. The van der Waals surface area contributed by atoms with Crippen LogP contribution in [0.5, 0.6) is 0 Å². The van der Waals surface area contributed by atoms with Crippen LogP contribution in [0.4, 0.5) is 0 Å². The summed E-state index contributed by atoms with van der Waals surface area (Å²) in [5, 5.41) is 0.731.